The van der Waals surface area contributed by atoms with Gasteiger partial charge in [0.25, 0.3) is 5.91 Å². The summed E-state index contributed by atoms with van der Waals surface area (Å²) >= 11 is 1.00. The highest BCUT2D eigenvalue weighted by atomic mass is 32.1. The number of aryl methyl sites for hydroxylation is 1. The summed E-state index contributed by atoms with van der Waals surface area (Å²) in [7, 11) is 0. The second-order valence-corrected chi connectivity index (χ2v) is 8.92. The van der Waals surface area contributed by atoms with E-state index in [4.69, 9.17) is 5.73 Å². The van der Waals surface area contributed by atoms with Crippen molar-refractivity contribution in [3.05, 3.63) is 34.4 Å². The molecule has 2 rings (SSSR count). The van der Waals surface area contributed by atoms with E-state index < -0.39 is 5.91 Å². The van der Waals surface area contributed by atoms with Crippen molar-refractivity contribution in [3.63, 3.8) is 0 Å². The van der Waals surface area contributed by atoms with Gasteiger partial charge in [-0.05, 0) is 49.7 Å². The number of nitrogens with two attached hydrogens (primary N) is 1. The minimum absolute atomic E-state index is 0.221. The van der Waals surface area contributed by atoms with Gasteiger partial charge in [-0.3, -0.25) is 14.9 Å². The molecule has 2 amide bonds. The third-order valence-electron chi connectivity index (χ3n) is 5.11. The summed E-state index contributed by atoms with van der Waals surface area (Å²) in [6.07, 6.45) is 9.56. The van der Waals surface area contributed by atoms with Crippen LogP contribution in [0.4, 0.5) is 21.5 Å². The lowest BCUT2D eigenvalue weighted by Gasteiger charge is -2.13. The number of carbonyl (C=O) groups excluding carboxylic acids is 2. The molecule has 5 N–H and O–H groups in total. The van der Waals surface area contributed by atoms with Crippen LogP contribution in [-0.2, 0) is 4.79 Å². The second-order valence-electron chi connectivity index (χ2n) is 7.94. The first-order valence-corrected chi connectivity index (χ1v) is 12.2. The normalized spacial score (nSPS) is 10.6. The lowest BCUT2D eigenvalue weighted by molar-refractivity contribution is -0.114. The van der Waals surface area contributed by atoms with Crippen LogP contribution in [0.2, 0.25) is 0 Å². The number of nitroso groups, excluding NO2 is 1. The summed E-state index contributed by atoms with van der Waals surface area (Å²) in [6.45, 7) is 4.64. The minimum Gasteiger partial charge on any atom is -0.385 e. The van der Waals surface area contributed by atoms with Crippen molar-refractivity contribution < 1.29 is 9.59 Å². The van der Waals surface area contributed by atoms with Gasteiger partial charge in [0.15, 0.2) is 10.1 Å². The third-order valence-corrected chi connectivity index (χ3v) is 6.06. The number of thiazole rings is 1. The molecule has 0 spiro atoms. The molecule has 0 aliphatic rings. The summed E-state index contributed by atoms with van der Waals surface area (Å²) in [5.41, 5.74) is 7.50. The Hall–Kier alpha value is -2.85. The Kier molecular flexibility index (Phi) is 11.5. The number of unbranched alkanes of at least 4 members (excludes halogenated alkanes) is 7. The molecule has 1 aromatic carbocycles. The van der Waals surface area contributed by atoms with E-state index in [-0.39, 0.29) is 16.0 Å². The third kappa shape index (κ3) is 9.27. The minimum atomic E-state index is -0.428. The molecule has 0 atom stereocenters. The molecule has 0 aliphatic heterocycles. The molecule has 33 heavy (non-hydrogen) atoms. The molecular weight excluding hydrogens is 440 g/mol. The van der Waals surface area contributed by atoms with Crippen molar-refractivity contribution in [1.29, 1.82) is 0 Å². The van der Waals surface area contributed by atoms with E-state index in [0.29, 0.717) is 16.9 Å². The maximum Gasteiger partial charge on any atom is 0.259 e. The predicted molar refractivity (Wildman–Crippen MR) is 135 cm³/mol. The largest absolute Gasteiger partial charge is 0.385 e. The van der Waals surface area contributed by atoms with Crippen LogP contribution in [-0.4, -0.2) is 29.9 Å². The van der Waals surface area contributed by atoms with Gasteiger partial charge in [0.2, 0.25) is 5.91 Å². The number of hydrogen-bond donors (Lipinski definition) is 4. The zero-order chi connectivity index (χ0) is 24.1. The molecule has 0 aliphatic carbocycles. The molecule has 0 saturated heterocycles. The van der Waals surface area contributed by atoms with Crippen molar-refractivity contribution in [3.8, 4) is 0 Å². The van der Waals surface area contributed by atoms with Crippen molar-refractivity contribution in [2.45, 2.75) is 65.2 Å². The number of amides is 2. The van der Waals surface area contributed by atoms with Gasteiger partial charge >= 0.3 is 0 Å². The van der Waals surface area contributed by atoms with Gasteiger partial charge in [0.05, 0.1) is 16.9 Å². The number of benzene rings is 1. The van der Waals surface area contributed by atoms with Gasteiger partial charge in [-0.25, -0.2) is 4.98 Å². The van der Waals surface area contributed by atoms with Crippen LogP contribution in [0.3, 0.4) is 0 Å². The first-order chi connectivity index (χ1) is 15.9. The predicted octanol–water partition coefficient (Wildman–Crippen LogP) is 5.55. The second kappa shape index (κ2) is 14.3. The Morgan fingerprint density at radius 1 is 1.03 bits per heavy atom. The monoisotopic (exact) mass is 474 g/mol. The van der Waals surface area contributed by atoms with Gasteiger partial charge in [-0.2, -0.15) is 0 Å². The highest BCUT2D eigenvalue weighted by Crippen LogP contribution is 2.31. The molecule has 0 saturated carbocycles. The van der Waals surface area contributed by atoms with Gasteiger partial charge < -0.3 is 16.4 Å². The maximum absolute atomic E-state index is 12.7. The zero-order valence-corrected chi connectivity index (χ0v) is 20.2. The van der Waals surface area contributed by atoms with Crippen LogP contribution in [0.5, 0.6) is 0 Å². The number of nitrogens with one attached hydrogen (secondary N) is 3. The SMILES string of the molecule is CC(=O)Nc1cc(NCCCCCCCCCCN)ccc1C(=O)Nc1nc(C)c(N=O)s1. The molecule has 9 nitrogen and oxygen atoms in total. The van der Waals surface area contributed by atoms with E-state index in [0.717, 1.165) is 49.4 Å². The smallest absolute Gasteiger partial charge is 0.259 e. The van der Waals surface area contributed by atoms with Gasteiger partial charge in [-0.15, -0.1) is 4.91 Å². The van der Waals surface area contributed by atoms with Crippen LogP contribution in [0, 0.1) is 11.8 Å². The van der Waals surface area contributed by atoms with Crippen molar-refractivity contribution >= 4 is 44.7 Å². The van der Waals surface area contributed by atoms with E-state index in [1.165, 1.54) is 39.0 Å². The Morgan fingerprint density at radius 2 is 1.70 bits per heavy atom. The number of nitrogens with zero attached hydrogens (tertiary/aromatic N) is 2. The van der Waals surface area contributed by atoms with Crippen LogP contribution in [0.25, 0.3) is 0 Å². The first kappa shape index (κ1) is 26.4. The quantitative estimate of drug-likeness (QED) is 0.197. The van der Waals surface area contributed by atoms with Crippen molar-refractivity contribution in [1.82, 2.24) is 4.98 Å². The Bertz CT molecular complexity index is 931. The van der Waals surface area contributed by atoms with Gasteiger partial charge in [-0.1, -0.05) is 49.9 Å². The molecular formula is C23H34N6O3S. The lowest BCUT2D eigenvalue weighted by atomic mass is 10.1. The molecule has 180 valence electrons. The van der Waals surface area contributed by atoms with Crippen LogP contribution < -0.4 is 21.7 Å². The van der Waals surface area contributed by atoms with Gasteiger partial charge in [0, 0.05) is 19.2 Å². The zero-order valence-electron chi connectivity index (χ0n) is 19.4. The van der Waals surface area contributed by atoms with E-state index >= 15 is 0 Å². The summed E-state index contributed by atoms with van der Waals surface area (Å²) in [5, 5.41) is 12.1. The molecule has 0 unspecified atom stereocenters. The molecule has 0 radical (unpaired) electrons. The standard InChI is InChI=1S/C23H34N6O3S/c1-16-22(29-32)33-23(26-16)28-21(31)19-12-11-18(15-20(19)27-17(2)30)25-14-10-8-6-4-3-5-7-9-13-24/h11-12,15,25H,3-10,13-14,24H2,1-2H3,(H,27,30)(H,26,28,31). The summed E-state index contributed by atoms with van der Waals surface area (Å²) < 4.78 is 0. The Balaban J connectivity index is 1.87. The Labute approximate surface area is 198 Å². The van der Waals surface area contributed by atoms with Crippen LogP contribution in [0.1, 0.15) is 74.3 Å². The van der Waals surface area contributed by atoms with E-state index in [1.54, 1.807) is 19.1 Å². The highest BCUT2D eigenvalue weighted by molar-refractivity contribution is 7.19. The molecule has 0 bridgehead atoms. The number of hydrogen-bond acceptors (Lipinski definition) is 8. The summed E-state index contributed by atoms with van der Waals surface area (Å²) in [4.78, 5) is 39.3. The van der Waals surface area contributed by atoms with E-state index in [1.807, 2.05) is 6.07 Å². The lowest BCUT2D eigenvalue weighted by Crippen LogP contribution is -2.17. The molecule has 2 aromatic rings. The van der Waals surface area contributed by atoms with Crippen molar-refractivity contribution in [2.24, 2.45) is 10.9 Å². The summed E-state index contributed by atoms with van der Waals surface area (Å²) in [6, 6.07) is 5.21. The molecule has 1 heterocycles. The topological polar surface area (TPSA) is 139 Å². The van der Waals surface area contributed by atoms with Crippen LogP contribution >= 0.6 is 11.3 Å². The average Bonchev–Trinajstić information content (AvgIpc) is 3.13. The number of carbonyl (C=O) groups is 2. The number of aromatic nitrogens is 1. The Morgan fingerprint density at radius 3 is 2.30 bits per heavy atom. The van der Waals surface area contributed by atoms with Gasteiger partial charge in [0.1, 0.15) is 0 Å². The first-order valence-electron chi connectivity index (χ1n) is 11.4. The number of rotatable bonds is 15. The fraction of sp³-hybridized carbons (Fsp3) is 0.522. The van der Waals surface area contributed by atoms with E-state index in [2.05, 4.69) is 26.1 Å². The summed E-state index contributed by atoms with van der Waals surface area (Å²) in [5.74, 6) is -0.701. The van der Waals surface area contributed by atoms with E-state index in [9.17, 15) is 14.5 Å². The average molecular weight is 475 g/mol. The number of anilines is 3. The van der Waals surface area contributed by atoms with Crippen molar-refractivity contribution in [2.75, 3.05) is 29.0 Å². The molecule has 10 heteroatoms. The fourth-order valence-electron chi connectivity index (χ4n) is 3.40. The highest BCUT2D eigenvalue weighted by Gasteiger charge is 2.16. The fourth-order valence-corrected chi connectivity index (χ4v) is 4.14. The maximum atomic E-state index is 12.7. The van der Waals surface area contributed by atoms with Crippen LogP contribution in [0.15, 0.2) is 23.4 Å². The molecule has 0 fully saturated rings. The molecule has 1 aromatic heterocycles.